The minimum absolute atomic E-state index is 0.0452. The third-order valence-electron chi connectivity index (χ3n) is 7.56. The summed E-state index contributed by atoms with van der Waals surface area (Å²) in [6, 6.07) is 11.7. The number of nitrogens with zero attached hydrogens (tertiary/aromatic N) is 2. The van der Waals surface area contributed by atoms with Gasteiger partial charge in [0, 0.05) is 59.9 Å². The standard InChI is InChI=1S/C26H29FN4O3/c1-34-19-7-8-20-21(10-19)29-24-22(12-32)30(11-16-5-6-16)13-26(23(20)24)14-31(15-26)25(33)28-18-4-2-3-17(27)9-18/h2-4,7-10,16,22,29,32H,5-6,11-15H2,1H3,(H,28,33)/t22-/m1/s1. The maximum atomic E-state index is 13.6. The Kier molecular flexibility index (Phi) is 5.04. The molecule has 178 valence electrons. The summed E-state index contributed by atoms with van der Waals surface area (Å²) in [6.07, 6.45) is 2.47. The molecule has 2 amide bonds. The molecule has 1 spiro atoms. The summed E-state index contributed by atoms with van der Waals surface area (Å²) in [5.41, 5.74) is 3.46. The van der Waals surface area contributed by atoms with Crippen molar-refractivity contribution in [2.24, 2.45) is 5.92 Å². The number of aliphatic hydroxyl groups is 1. The van der Waals surface area contributed by atoms with Crippen molar-refractivity contribution in [3.63, 3.8) is 0 Å². The zero-order chi connectivity index (χ0) is 23.4. The number of carbonyl (C=O) groups is 1. The molecule has 7 nitrogen and oxygen atoms in total. The van der Waals surface area contributed by atoms with Gasteiger partial charge in [-0.25, -0.2) is 9.18 Å². The number of likely N-dealkylation sites (tertiary alicyclic amines) is 1. The van der Waals surface area contributed by atoms with Crippen LogP contribution in [0.4, 0.5) is 14.9 Å². The van der Waals surface area contributed by atoms with Crippen molar-refractivity contribution in [3.8, 4) is 5.75 Å². The fourth-order valence-electron chi connectivity index (χ4n) is 5.79. The van der Waals surface area contributed by atoms with E-state index < -0.39 is 0 Å². The number of rotatable bonds is 5. The number of benzene rings is 2. The molecule has 3 heterocycles. The van der Waals surface area contributed by atoms with Crippen molar-refractivity contribution in [2.45, 2.75) is 24.3 Å². The van der Waals surface area contributed by atoms with Gasteiger partial charge in [0.15, 0.2) is 0 Å². The van der Waals surface area contributed by atoms with E-state index in [9.17, 15) is 14.3 Å². The fraction of sp³-hybridized carbons (Fsp3) is 0.423. The van der Waals surface area contributed by atoms with Crippen LogP contribution < -0.4 is 10.1 Å². The lowest BCUT2D eigenvalue weighted by Crippen LogP contribution is -2.68. The Labute approximate surface area is 197 Å². The van der Waals surface area contributed by atoms with E-state index in [0.29, 0.717) is 24.7 Å². The van der Waals surface area contributed by atoms with Crippen molar-refractivity contribution >= 4 is 22.6 Å². The fourth-order valence-corrected chi connectivity index (χ4v) is 5.79. The summed E-state index contributed by atoms with van der Waals surface area (Å²) in [7, 11) is 1.65. The Hall–Kier alpha value is -3.10. The van der Waals surface area contributed by atoms with Gasteiger partial charge in [0.25, 0.3) is 0 Å². The smallest absolute Gasteiger partial charge is 0.321 e. The van der Waals surface area contributed by atoms with Crippen LogP contribution in [0.2, 0.25) is 0 Å². The number of hydrogen-bond acceptors (Lipinski definition) is 4. The second kappa shape index (κ2) is 7.99. The van der Waals surface area contributed by atoms with Gasteiger partial charge in [-0.15, -0.1) is 0 Å². The summed E-state index contributed by atoms with van der Waals surface area (Å²) >= 11 is 0. The number of ether oxygens (including phenoxy) is 1. The van der Waals surface area contributed by atoms with Crippen molar-refractivity contribution in [1.82, 2.24) is 14.8 Å². The van der Waals surface area contributed by atoms with E-state index in [-0.39, 0.29) is 29.9 Å². The molecule has 1 atom stereocenters. The lowest BCUT2D eigenvalue weighted by Gasteiger charge is -2.56. The van der Waals surface area contributed by atoms with E-state index in [1.165, 1.54) is 30.5 Å². The second-order valence-corrected chi connectivity index (χ2v) is 9.97. The molecule has 0 bridgehead atoms. The number of H-pyrrole nitrogens is 1. The summed E-state index contributed by atoms with van der Waals surface area (Å²) < 4.78 is 19.0. The van der Waals surface area contributed by atoms with Crippen LogP contribution in [-0.4, -0.2) is 65.8 Å². The average Bonchev–Trinajstić information content (AvgIpc) is 3.53. The molecule has 3 N–H and O–H groups in total. The predicted octanol–water partition coefficient (Wildman–Crippen LogP) is 3.86. The van der Waals surface area contributed by atoms with Gasteiger partial charge < -0.3 is 25.0 Å². The number of hydrogen-bond donors (Lipinski definition) is 3. The predicted molar refractivity (Wildman–Crippen MR) is 128 cm³/mol. The topological polar surface area (TPSA) is 80.8 Å². The number of urea groups is 1. The van der Waals surface area contributed by atoms with Gasteiger partial charge in [0.1, 0.15) is 11.6 Å². The first-order valence-corrected chi connectivity index (χ1v) is 11.9. The SMILES string of the molecule is COc1ccc2c3c([nH]c2c1)[C@@H](CO)N(CC1CC1)CC31CN(C(=O)Nc2cccc(F)c2)C1. The van der Waals surface area contributed by atoms with Crippen LogP contribution in [0.1, 0.15) is 30.1 Å². The normalized spacial score (nSPS) is 21.4. The van der Waals surface area contributed by atoms with E-state index in [0.717, 1.165) is 35.4 Å². The Bertz CT molecular complexity index is 1250. The maximum absolute atomic E-state index is 13.6. The van der Waals surface area contributed by atoms with E-state index in [2.05, 4.69) is 21.3 Å². The first-order valence-electron chi connectivity index (χ1n) is 11.9. The molecule has 1 aromatic heterocycles. The van der Waals surface area contributed by atoms with Crippen LogP contribution >= 0.6 is 0 Å². The minimum atomic E-state index is -0.380. The van der Waals surface area contributed by atoms with Crippen molar-refractivity contribution in [3.05, 3.63) is 59.5 Å². The number of aromatic nitrogens is 1. The number of nitrogens with one attached hydrogen (secondary N) is 2. The third kappa shape index (κ3) is 3.52. The summed E-state index contributed by atoms with van der Waals surface area (Å²) in [6.45, 7) is 2.94. The number of fused-ring (bicyclic) bond motifs is 4. The van der Waals surface area contributed by atoms with Gasteiger partial charge in [-0.2, -0.15) is 0 Å². The van der Waals surface area contributed by atoms with Gasteiger partial charge in [-0.05, 0) is 54.7 Å². The van der Waals surface area contributed by atoms with Gasteiger partial charge in [-0.1, -0.05) is 6.07 Å². The van der Waals surface area contributed by atoms with Crippen LogP contribution in [0, 0.1) is 11.7 Å². The minimum Gasteiger partial charge on any atom is -0.497 e. The van der Waals surface area contributed by atoms with E-state index in [1.807, 2.05) is 12.1 Å². The molecule has 8 heteroatoms. The maximum Gasteiger partial charge on any atom is 0.321 e. The molecule has 34 heavy (non-hydrogen) atoms. The molecule has 2 fully saturated rings. The number of methoxy groups -OCH3 is 1. The third-order valence-corrected chi connectivity index (χ3v) is 7.56. The summed E-state index contributed by atoms with van der Waals surface area (Å²) in [4.78, 5) is 20.7. The molecular weight excluding hydrogens is 435 g/mol. The number of aromatic amines is 1. The molecule has 2 aromatic carbocycles. The van der Waals surface area contributed by atoms with E-state index in [4.69, 9.17) is 4.74 Å². The van der Waals surface area contributed by atoms with E-state index >= 15 is 0 Å². The van der Waals surface area contributed by atoms with Gasteiger partial charge in [0.2, 0.25) is 0 Å². The largest absolute Gasteiger partial charge is 0.497 e. The highest BCUT2D eigenvalue weighted by molar-refractivity contribution is 5.92. The van der Waals surface area contributed by atoms with Crippen LogP contribution in [0.3, 0.4) is 0 Å². The number of anilines is 1. The average molecular weight is 465 g/mol. The molecule has 3 aliphatic rings. The van der Waals surface area contributed by atoms with Gasteiger partial charge >= 0.3 is 6.03 Å². The van der Waals surface area contributed by atoms with Crippen LogP contribution in [-0.2, 0) is 5.41 Å². The molecule has 0 radical (unpaired) electrons. The number of aliphatic hydroxyl groups excluding tert-OH is 1. The Morgan fingerprint density at radius 1 is 1.24 bits per heavy atom. The lowest BCUT2D eigenvalue weighted by molar-refractivity contribution is 0.0144. The zero-order valence-corrected chi connectivity index (χ0v) is 19.2. The molecule has 6 rings (SSSR count). The number of amides is 2. The molecule has 3 aromatic rings. The van der Waals surface area contributed by atoms with Crippen molar-refractivity contribution in [1.29, 1.82) is 0 Å². The molecule has 2 aliphatic heterocycles. The van der Waals surface area contributed by atoms with E-state index in [1.54, 1.807) is 24.1 Å². The molecular formula is C26H29FN4O3. The molecule has 0 unspecified atom stereocenters. The molecule has 1 saturated heterocycles. The molecule has 1 aliphatic carbocycles. The number of carbonyl (C=O) groups excluding carboxylic acids is 1. The van der Waals surface area contributed by atoms with Crippen LogP contribution in [0.5, 0.6) is 5.75 Å². The van der Waals surface area contributed by atoms with Crippen molar-refractivity contribution in [2.75, 3.05) is 45.2 Å². The number of halogens is 1. The quantitative estimate of drug-likeness (QED) is 0.536. The van der Waals surface area contributed by atoms with Gasteiger partial charge in [-0.3, -0.25) is 4.90 Å². The summed E-state index contributed by atoms with van der Waals surface area (Å²) in [5.74, 6) is 1.08. The van der Waals surface area contributed by atoms with Crippen LogP contribution in [0.25, 0.3) is 10.9 Å². The lowest BCUT2D eigenvalue weighted by atomic mass is 9.68. The first kappa shape index (κ1) is 21.4. The highest BCUT2D eigenvalue weighted by atomic mass is 19.1. The highest BCUT2D eigenvalue weighted by Crippen LogP contribution is 2.49. The summed E-state index contributed by atoms with van der Waals surface area (Å²) in [5, 5.41) is 14.3. The molecule has 1 saturated carbocycles. The Balaban J connectivity index is 1.33. The Morgan fingerprint density at radius 2 is 2.06 bits per heavy atom. The monoisotopic (exact) mass is 464 g/mol. The van der Waals surface area contributed by atoms with Crippen molar-refractivity contribution < 1.29 is 19.0 Å². The van der Waals surface area contributed by atoms with Gasteiger partial charge in [0.05, 0.1) is 19.8 Å². The Morgan fingerprint density at radius 3 is 2.76 bits per heavy atom. The zero-order valence-electron chi connectivity index (χ0n) is 19.2. The second-order valence-electron chi connectivity index (χ2n) is 9.97. The highest BCUT2D eigenvalue weighted by Gasteiger charge is 2.54. The first-order chi connectivity index (χ1) is 16.5. The van der Waals surface area contributed by atoms with Crippen LogP contribution in [0.15, 0.2) is 42.5 Å².